The van der Waals surface area contributed by atoms with E-state index in [1.165, 1.54) is 16.0 Å². The molecule has 0 aliphatic carbocycles. The minimum atomic E-state index is -0.435. The molecule has 1 aromatic heterocycles. The fourth-order valence-electron chi connectivity index (χ4n) is 3.28. The first-order chi connectivity index (χ1) is 12.6. The standard InChI is InChI=1S/C19H25N5O2.2ClH/c1-14(24-11-5-9-22-24)19(26)23(2)13-18(25)21-12-17-16-7-4-3-6-15(16)8-10-20-17;;/h3-7,9,11,14,17,20H,8,10,12-13H2,1-2H3,(H,21,25);2*1H. The van der Waals surface area contributed by atoms with E-state index in [4.69, 9.17) is 0 Å². The molecule has 2 aromatic rings. The van der Waals surface area contributed by atoms with Crippen molar-refractivity contribution in [1.82, 2.24) is 25.3 Å². The quantitative estimate of drug-likeness (QED) is 0.735. The zero-order valence-electron chi connectivity index (χ0n) is 16.0. The molecule has 3 rings (SSSR count). The second-order valence-corrected chi connectivity index (χ2v) is 6.62. The SMILES string of the molecule is CC(C(=O)N(C)CC(=O)NCC1NCCc2ccccc21)n1cccn1.Cl.Cl. The summed E-state index contributed by atoms with van der Waals surface area (Å²) < 4.78 is 1.58. The molecular weight excluding hydrogens is 401 g/mol. The lowest BCUT2D eigenvalue weighted by Crippen LogP contribution is -2.44. The van der Waals surface area contributed by atoms with Gasteiger partial charge in [-0.05, 0) is 37.1 Å². The smallest absolute Gasteiger partial charge is 0.247 e. The summed E-state index contributed by atoms with van der Waals surface area (Å²) in [4.78, 5) is 26.1. The molecule has 28 heavy (non-hydrogen) atoms. The van der Waals surface area contributed by atoms with Crippen molar-refractivity contribution in [2.75, 3.05) is 26.7 Å². The Hall–Kier alpha value is -2.09. The van der Waals surface area contributed by atoms with Gasteiger partial charge in [-0.1, -0.05) is 24.3 Å². The Morgan fingerprint density at radius 2 is 2.07 bits per heavy atom. The fourth-order valence-corrected chi connectivity index (χ4v) is 3.28. The summed E-state index contributed by atoms with van der Waals surface area (Å²) in [5.41, 5.74) is 2.56. The van der Waals surface area contributed by atoms with Crippen molar-refractivity contribution in [3.8, 4) is 0 Å². The first kappa shape index (κ1) is 23.9. The molecule has 9 heteroatoms. The third-order valence-electron chi connectivity index (χ3n) is 4.76. The summed E-state index contributed by atoms with van der Waals surface area (Å²) in [7, 11) is 1.63. The normalized spacial score (nSPS) is 16.0. The molecule has 0 radical (unpaired) electrons. The van der Waals surface area contributed by atoms with Gasteiger partial charge in [0.25, 0.3) is 0 Å². The Morgan fingerprint density at radius 3 is 2.79 bits per heavy atom. The number of benzene rings is 1. The number of hydrogen-bond donors (Lipinski definition) is 2. The van der Waals surface area contributed by atoms with E-state index in [0.717, 1.165) is 13.0 Å². The van der Waals surface area contributed by atoms with Gasteiger partial charge in [-0.15, -0.1) is 24.8 Å². The van der Waals surface area contributed by atoms with Crippen LogP contribution < -0.4 is 10.6 Å². The van der Waals surface area contributed by atoms with Crippen molar-refractivity contribution in [3.05, 3.63) is 53.9 Å². The van der Waals surface area contributed by atoms with Crippen LogP contribution in [0.5, 0.6) is 0 Å². The van der Waals surface area contributed by atoms with E-state index in [9.17, 15) is 9.59 Å². The zero-order chi connectivity index (χ0) is 18.5. The maximum atomic E-state index is 12.4. The molecule has 2 amide bonds. The van der Waals surface area contributed by atoms with Crippen LogP contribution in [0.2, 0.25) is 0 Å². The molecule has 2 unspecified atom stereocenters. The van der Waals surface area contributed by atoms with E-state index in [-0.39, 0.29) is 49.2 Å². The predicted molar refractivity (Wildman–Crippen MR) is 113 cm³/mol. The molecular formula is C19H27Cl2N5O2. The van der Waals surface area contributed by atoms with Crippen LogP contribution >= 0.6 is 24.8 Å². The highest BCUT2D eigenvalue weighted by Gasteiger charge is 2.23. The molecule has 7 nitrogen and oxygen atoms in total. The van der Waals surface area contributed by atoms with E-state index < -0.39 is 6.04 Å². The average molecular weight is 428 g/mol. The molecule has 154 valence electrons. The summed E-state index contributed by atoms with van der Waals surface area (Å²) in [6.07, 6.45) is 4.37. The van der Waals surface area contributed by atoms with Gasteiger partial charge in [0.1, 0.15) is 6.04 Å². The van der Waals surface area contributed by atoms with E-state index in [2.05, 4.69) is 27.9 Å². The lowest BCUT2D eigenvalue weighted by atomic mass is 9.94. The van der Waals surface area contributed by atoms with Crippen LogP contribution in [-0.4, -0.2) is 53.2 Å². The van der Waals surface area contributed by atoms with Gasteiger partial charge in [0.05, 0.1) is 6.54 Å². The summed E-state index contributed by atoms with van der Waals surface area (Å²) in [5.74, 6) is -0.316. The first-order valence-electron chi connectivity index (χ1n) is 8.88. The average Bonchev–Trinajstić information content (AvgIpc) is 3.19. The van der Waals surface area contributed by atoms with Crippen LogP contribution in [-0.2, 0) is 16.0 Å². The number of likely N-dealkylation sites (N-methyl/N-ethyl adjacent to an activating group) is 1. The first-order valence-corrected chi connectivity index (χ1v) is 8.88. The van der Waals surface area contributed by atoms with Crippen molar-refractivity contribution >= 4 is 36.6 Å². The Bertz CT molecular complexity index is 769. The summed E-state index contributed by atoms with van der Waals surface area (Å²) in [5, 5.41) is 10.4. The Balaban J connectivity index is 0.00000196. The van der Waals surface area contributed by atoms with E-state index >= 15 is 0 Å². The highest BCUT2D eigenvalue weighted by Crippen LogP contribution is 2.21. The predicted octanol–water partition coefficient (Wildman–Crippen LogP) is 1.75. The van der Waals surface area contributed by atoms with Gasteiger partial charge < -0.3 is 15.5 Å². The second-order valence-electron chi connectivity index (χ2n) is 6.62. The highest BCUT2D eigenvalue weighted by atomic mass is 35.5. The number of hydrogen-bond acceptors (Lipinski definition) is 4. The van der Waals surface area contributed by atoms with Gasteiger partial charge >= 0.3 is 0 Å². The molecule has 1 aromatic carbocycles. The highest BCUT2D eigenvalue weighted by molar-refractivity contribution is 5.86. The van der Waals surface area contributed by atoms with Crippen LogP contribution in [0.4, 0.5) is 0 Å². The number of rotatable bonds is 6. The summed E-state index contributed by atoms with van der Waals surface area (Å²) in [6, 6.07) is 9.73. The van der Waals surface area contributed by atoms with Gasteiger partial charge in [-0.3, -0.25) is 14.3 Å². The molecule has 1 aliphatic rings. The van der Waals surface area contributed by atoms with Crippen LogP contribution in [0.15, 0.2) is 42.7 Å². The lowest BCUT2D eigenvalue weighted by molar-refractivity contribution is -0.137. The summed E-state index contributed by atoms with van der Waals surface area (Å²) >= 11 is 0. The van der Waals surface area contributed by atoms with E-state index in [0.29, 0.717) is 6.54 Å². The zero-order valence-corrected chi connectivity index (χ0v) is 17.6. The number of nitrogens with one attached hydrogen (secondary N) is 2. The molecule has 0 spiro atoms. The topological polar surface area (TPSA) is 79.3 Å². The number of fused-ring (bicyclic) bond motifs is 1. The van der Waals surface area contributed by atoms with Gasteiger partial charge in [-0.25, -0.2) is 0 Å². The van der Waals surface area contributed by atoms with Crippen molar-refractivity contribution < 1.29 is 9.59 Å². The fraction of sp³-hybridized carbons (Fsp3) is 0.421. The van der Waals surface area contributed by atoms with Gasteiger partial charge in [-0.2, -0.15) is 5.10 Å². The Morgan fingerprint density at radius 1 is 1.32 bits per heavy atom. The van der Waals surface area contributed by atoms with Crippen LogP contribution in [0.3, 0.4) is 0 Å². The molecule has 2 heterocycles. The molecule has 2 atom stereocenters. The number of halogens is 2. The van der Waals surface area contributed by atoms with Gasteiger partial charge in [0.15, 0.2) is 0 Å². The number of amides is 2. The van der Waals surface area contributed by atoms with Gasteiger partial charge in [0, 0.05) is 32.0 Å². The van der Waals surface area contributed by atoms with Crippen molar-refractivity contribution in [1.29, 1.82) is 0 Å². The summed E-state index contributed by atoms with van der Waals surface area (Å²) in [6.45, 7) is 3.20. The number of nitrogens with zero attached hydrogens (tertiary/aromatic N) is 3. The van der Waals surface area contributed by atoms with E-state index in [1.807, 2.05) is 12.1 Å². The minimum Gasteiger partial charge on any atom is -0.353 e. The van der Waals surface area contributed by atoms with Crippen LogP contribution in [0.1, 0.15) is 30.1 Å². The van der Waals surface area contributed by atoms with Crippen molar-refractivity contribution in [3.63, 3.8) is 0 Å². The number of carbonyl (C=O) groups is 2. The van der Waals surface area contributed by atoms with Crippen molar-refractivity contribution in [2.24, 2.45) is 0 Å². The number of carbonyl (C=O) groups excluding carboxylic acids is 2. The maximum Gasteiger partial charge on any atom is 0.247 e. The second kappa shape index (κ2) is 11.0. The Labute approximate surface area is 177 Å². The third-order valence-corrected chi connectivity index (χ3v) is 4.76. The maximum absolute atomic E-state index is 12.4. The molecule has 0 bridgehead atoms. The third kappa shape index (κ3) is 5.70. The van der Waals surface area contributed by atoms with Crippen LogP contribution in [0, 0.1) is 0 Å². The van der Waals surface area contributed by atoms with Gasteiger partial charge in [0.2, 0.25) is 11.8 Å². The van der Waals surface area contributed by atoms with Crippen LogP contribution in [0.25, 0.3) is 0 Å². The number of aromatic nitrogens is 2. The lowest BCUT2D eigenvalue weighted by Gasteiger charge is -2.27. The van der Waals surface area contributed by atoms with E-state index in [1.54, 1.807) is 37.1 Å². The Kier molecular flexibility index (Phi) is 9.45. The molecule has 1 aliphatic heterocycles. The van der Waals surface area contributed by atoms with Crippen molar-refractivity contribution in [2.45, 2.75) is 25.4 Å². The minimum absolute atomic E-state index is 0. The largest absolute Gasteiger partial charge is 0.353 e. The molecule has 2 N–H and O–H groups in total. The molecule has 0 saturated heterocycles. The molecule has 0 fully saturated rings. The molecule has 0 saturated carbocycles. The monoisotopic (exact) mass is 427 g/mol.